The molecule has 0 atom stereocenters. The summed E-state index contributed by atoms with van der Waals surface area (Å²) in [5.41, 5.74) is 0. The Morgan fingerprint density at radius 1 is 1.39 bits per heavy atom. The second-order valence-electron chi connectivity index (χ2n) is 3.71. The summed E-state index contributed by atoms with van der Waals surface area (Å²) in [6.07, 6.45) is 0. The fourth-order valence-corrected chi connectivity index (χ4v) is 2.78. The van der Waals surface area contributed by atoms with Gasteiger partial charge in [-0.15, -0.1) is 11.3 Å². The molecule has 5 nitrogen and oxygen atoms in total. The van der Waals surface area contributed by atoms with Gasteiger partial charge in [-0.05, 0) is 33.6 Å². The molecule has 2 aromatic heterocycles. The molecule has 0 saturated heterocycles. The van der Waals surface area contributed by atoms with Gasteiger partial charge < -0.3 is 10.2 Å². The summed E-state index contributed by atoms with van der Waals surface area (Å²) in [5, 5.41) is 5.34. The van der Waals surface area contributed by atoms with Crippen molar-refractivity contribution in [2.24, 2.45) is 0 Å². The standard InChI is InChI=1S/C10H11BrClN5S/c1-17(2)10-15-8(12)14-9(16-10)13-4-7-3-6(11)5-18-7/h3,5H,4H2,1-2H3,(H,13,14,15,16). The van der Waals surface area contributed by atoms with Gasteiger partial charge in [-0.2, -0.15) is 15.0 Å². The van der Waals surface area contributed by atoms with Crippen molar-refractivity contribution >= 4 is 50.8 Å². The molecule has 0 bridgehead atoms. The number of hydrogen-bond acceptors (Lipinski definition) is 6. The summed E-state index contributed by atoms with van der Waals surface area (Å²) >= 11 is 10.9. The monoisotopic (exact) mass is 347 g/mol. The van der Waals surface area contributed by atoms with Gasteiger partial charge in [0.05, 0.1) is 6.54 Å². The van der Waals surface area contributed by atoms with Gasteiger partial charge in [0.25, 0.3) is 0 Å². The lowest BCUT2D eigenvalue weighted by Crippen LogP contribution is -2.15. The van der Waals surface area contributed by atoms with Gasteiger partial charge in [0.1, 0.15) is 0 Å². The van der Waals surface area contributed by atoms with E-state index in [2.05, 4.69) is 36.2 Å². The van der Waals surface area contributed by atoms with Crippen molar-refractivity contribution in [1.82, 2.24) is 15.0 Å². The second kappa shape index (κ2) is 5.81. The SMILES string of the molecule is CN(C)c1nc(Cl)nc(NCc2cc(Br)cs2)n1. The third-order valence-corrected chi connectivity index (χ3v) is 3.91. The molecule has 0 aliphatic rings. The molecule has 0 fully saturated rings. The number of nitrogens with one attached hydrogen (secondary N) is 1. The molecule has 0 aromatic carbocycles. The summed E-state index contributed by atoms with van der Waals surface area (Å²) in [6, 6.07) is 2.05. The second-order valence-corrected chi connectivity index (χ2v) is 5.96. The van der Waals surface area contributed by atoms with Crippen LogP contribution in [0.25, 0.3) is 0 Å². The van der Waals surface area contributed by atoms with E-state index in [-0.39, 0.29) is 5.28 Å². The summed E-state index contributed by atoms with van der Waals surface area (Å²) < 4.78 is 1.08. The van der Waals surface area contributed by atoms with E-state index in [1.165, 1.54) is 4.88 Å². The Hall–Kier alpha value is -0.920. The highest BCUT2D eigenvalue weighted by atomic mass is 79.9. The van der Waals surface area contributed by atoms with Crippen LogP contribution in [0.2, 0.25) is 5.28 Å². The number of nitrogens with zero attached hydrogens (tertiary/aromatic N) is 4. The van der Waals surface area contributed by atoms with Crippen LogP contribution in [-0.4, -0.2) is 29.0 Å². The molecule has 0 unspecified atom stereocenters. The molecule has 2 rings (SSSR count). The third kappa shape index (κ3) is 3.54. The lowest BCUT2D eigenvalue weighted by atomic mass is 10.5. The first-order chi connectivity index (χ1) is 8.54. The van der Waals surface area contributed by atoms with Gasteiger partial charge in [0.2, 0.25) is 17.2 Å². The van der Waals surface area contributed by atoms with Gasteiger partial charge in [-0.1, -0.05) is 0 Å². The van der Waals surface area contributed by atoms with Crippen molar-refractivity contribution < 1.29 is 0 Å². The maximum absolute atomic E-state index is 5.85. The Kier molecular flexibility index (Phi) is 4.36. The first kappa shape index (κ1) is 13.5. The van der Waals surface area contributed by atoms with Crippen molar-refractivity contribution in [3.8, 4) is 0 Å². The summed E-state index contributed by atoms with van der Waals surface area (Å²) in [4.78, 5) is 15.3. The van der Waals surface area contributed by atoms with E-state index in [9.17, 15) is 0 Å². The maximum Gasteiger partial charge on any atom is 0.230 e. The zero-order chi connectivity index (χ0) is 13.1. The van der Waals surface area contributed by atoms with Crippen molar-refractivity contribution in [1.29, 1.82) is 0 Å². The average molecular weight is 349 g/mol. The number of thiophene rings is 1. The topological polar surface area (TPSA) is 53.9 Å². The van der Waals surface area contributed by atoms with Crippen LogP contribution in [0, 0.1) is 0 Å². The van der Waals surface area contributed by atoms with Gasteiger partial charge >= 0.3 is 0 Å². The minimum Gasteiger partial charge on any atom is -0.349 e. The molecule has 0 amide bonds. The van der Waals surface area contributed by atoms with Crippen molar-refractivity contribution in [3.63, 3.8) is 0 Å². The number of aromatic nitrogens is 3. The predicted octanol–water partition coefficient (Wildman–Crippen LogP) is 3.03. The van der Waals surface area contributed by atoms with E-state index in [0.29, 0.717) is 18.4 Å². The normalized spacial score (nSPS) is 10.4. The molecule has 2 heterocycles. The first-order valence-electron chi connectivity index (χ1n) is 5.10. The van der Waals surface area contributed by atoms with E-state index >= 15 is 0 Å². The van der Waals surface area contributed by atoms with Crippen molar-refractivity contribution in [2.75, 3.05) is 24.3 Å². The zero-order valence-corrected chi connectivity index (χ0v) is 13.0. The van der Waals surface area contributed by atoms with Crippen LogP contribution in [0.3, 0.4) is 0 Å². The van der Waals surface area contributed by atoms with Crippen LogP contribution in [-0.2, 0) is 6.54 Å². The van der Waals surface area contributed by atoms with Crippen LogP contribution in [0.4, 0.5) is 11.9 Å². The molecule has 0 spiro atoms. The molecular weight excluding hydrogens is 338 g/mol. The molecule has 8 heteroatoms. The average Bonchev–Trinajstić information content (AvgIpc) is 2.72. The van der Waals surface area contributed by atoms with Crippen LogP contribution in [0.5, 0.6) is 0 Å². The molecular formula is C10H11BrClN5S. The first-order valence-corrected chi connectivity index (χ1v) is 7.15. The summed E-state index contributed by atoms with van der Waals surface area (Å²) in [6.45, 7) is 0.656. The summed E-state index contributed by atoms with van der Waals surface area (Å²) in [5.74, 6) is 1.01. The number of rotatable bonds is 4. The van der Waals surface area contributed by atoms with Crippen LogP contribution < -0.4 is 10.2 Å². The van der Waals surface area contributed by atoms with Crippen LogP contribution >= 0.6 is 38.9 Å². The Balaban J connectivity index is 2.09. The van der Waals surface area contributed by atoms with E-state index in [4.69, 9.17) is 11.6 Å². The fraction of sp³-hybridized carbons (Fsp3) is 0.300. The summed E-state index contributed by atoms with van der Waals surface area (Å²) in [7, 11) is 3.71. The molecule has 2 aromatic rings. The Morgan fingerprint density at radius 3 is 2.78 bits per heavy atom. The maximum atomic E-state index is 5.85. The number of halogens is 2. The smallest absolute Gasteiger partial charge is 0.230 e. The molecule has 1 N–H and O–H groups in total. The van der Waals surface area contributed by atoms with E-state index < -0.39 is 0 Å². The molecule has 0 radical (unpaired) electrons. The number of hydrogen-bond donors (Lipinski definition) is 1. The molecule has 0 aliphatic carbocycles. The van der Waals surface area contributed by atoms with Crippen LogP contribution in [0.1, 0.15) is 4.88 Å². The van der Waals surface area contributed by atoms with Gasteiger partial charge in [-0.25, -0.2) is 0 Å². The van der Waals surface area contributed by atoms with E-state index in [1.54, 1.807) is 16.2 Å². The largest absolute Gasteiger partial charge is 0.349 e. The quantitative estimate of drug-likeness (QED) is 0.920. The highest BCUT2D eigenvalue weighted by Gasteiger charge is 2.06. The highest BCUT2D eigenvalue weighted by molar-refractivity contribution is 9.10. The Bertz CT molecular complexity index is 545. The minimum absolute atomic E-state index is 0.184. The highest BCUT2D eigenvalue weighted by Crippen LogP contribution is 2.20. The molecule has 18 heavy (non-hydrogen) atoms. The predicted molar refractivity (Wildman–Crippen MR) is 78.5 cm³/mol. The fourth-order valence-electron chi connectivity index (χ4n) is 1.23. The molecule has 0 saturated carbocycles. The van der Waals surface area contributed by atoms with Gasteiger partial charge in [0.15, 0.2) is 0 Å². The van der Waals surface area contributed by atoms with Gasteiger partial charge in [-0.3, -0.25) is 0 Å². The minimum atomic E-state index is 0.184. The van der Waals surface area contributed by atoms with E-state index in [1.807, 2.05) is 25.5 Å². The Morgan fingerprint density at radius 2 is 2.17 bits per heavy atom. The van der Waals surface area contributed by atoms with Crippen molar-refractivity contribution in [3.05, 3.63) is 26.1 Å². The molecule has 96 valence electrons. The van der Waals surface area contributed by atoms with E-state index in [0.717, 1.165) is 4.47 Å². The lowest BCUT2D eigenvalue weighted by molar-refractivity contribution is 0.945. The Labute approximate surface area is 122 Å². The molecule has 0 aliphatic heterocycles. The lowest BCUT2D eigenvalue weighted by Gasteiger charge is -2.11. The zero-order valence-electron chi connectivity index (χ0n) is 9.81. The van der Waals surface area contributed by atoms with Crippen molar-refractivity contribution in [2.45, 2.75) is 6.54 Å². The third-order valence-electron chi connectivity index (χ3n) is 2.04. The number of anilines is 2. The van der Waals surface area contributed by atoms with Crippen LogP contribution in [0.15, 0.2) is 15.9 Å². The van der Waals surface area contributed by atoms with Gasteiger partial charge in [0, 0.05) is 28.8 Å².